The molecular weight excluding hydrogens is 565 g/mol. The molecule has 0 radical (unpaired) electrons. The van der Waals surface area contributed by atoms with Crippen LogP contribution in [0.25, 0.3) is 0 Å². The Morgan fingerprint density at radius 2 is 0.106 bits per heavy atom. The lowest BCUT2D eigenvalue weighted by atomic mass is 11.0. The smallest absolute Gasteiger partial charge is 0.0533 e. The molecular formula is C47H126. The Bertz CT molecular complexity index is 58.6. The summed E-state index contributed by atoms with van der Waals surface area (Å²) in [6, 6.07) is 0. The third-order valence-electron chi connectivity index (χ3n) is 1.77. The summed E-state index contributed by atoms with van der Waals surface area (Å²) < 4.78 is 0. The van der Waals surface area contributed by atoms with Crippen LogP contribution in [0.15, 0.2) is 0 Å². The molecule has 5 saturated carbocycles. The van der Waals surface area contributed by atoms with E-state index in [9.17, 15) is 0 Å². The van der Waals surface area contributed by atoms with Crippen molar-refractivity contribution in [1.29, 1.82) is 0 Å². The van der Waals surface area contributed by atoms with Crippen LogP contribution in [0, 0.1) is 0 Å². The van der Waals surface area contributed by atoms with Gasteiger partial charge in [0, 0.05) is 0 Å². The minimum absolute atomic E-state index is 1.50. The highest BCUT2D eigenvalue weighted by Gasteiger charge is 1.96. The summed E-state index contributed by atoms with van der Waals surface area (Å²) in [5, 5.41) is 0. The second-order valence-electron chi connectivity index (χ2n) is 5.30. The molecule has 5 fully saturated rings. The molecule has 314 valence electrons. The van der Waals surface area contributed by atoms with E-state index in [1.54, 1.807) is 0 Å². The first-order valence-corrected chi connectivity index (χ1v) is 23.5. The fourth-order valence-electron chi connectivity index (χ4n) is 0. The topological polar surface area (TPSA) is 0 Å². The molecule has 0 bridgehead atoms. The highest BCUT2D eigenvalue weighted by molar-refractivity contribution is 4.52. The lowest BCUT2D eigenvalue weighted by Gasteiger charge is -1.07. The first-order valence-electron chi connectivity index (χ1n) is 23.5. The van der Waals surface area contributed by atoms with Crippen LogP contribution < -0.4 is 0 Å². The van der Waals surface area contributed by atoms with E-state index < -0.39 is 0 Å². The van der Waals surface area contributed by atoms with Crippen LogP contribution in [-0.4, -0.2) is 0 Å². The number of hydrogen-bond donors (Lipinski definition) is 0. The molecule has 0 unspecified atom stereocenters. The minimum Gasteiger partial charge on any atom is -0.0683 e. The third-order valence-corrected chi connectivity index (χ3v) is 1.77. The van der Waals surface area contributed by atoms with Crippen LogP contribution >= 0.6 is 0 Å². The molecule has 47 heavy (non-hydrogen) atoms. The second kappa shape index (κ2) is 414. The zero-order valence-corrected chi connectivity index (χ0v) is 42.6. The Labute approximate surface area is 317 Å². The summed E-state index contributed by atoms with van der Waals surface area (Å²) in [5.74, 6) is 0. The molecule has 0 aromatic carbocycles. The van der Waals surface area contributed by atoms with Crippen molar-refractivity contribution in [2.45, 2.75) is 318 Å². The Morgan fingerprint density at radius 1 is 0.0851 bits per heavy atom. The van der Waals surface area contributed by atoms with E-state index in [-0.39, 0.29) is 0 Å². The van der Waals surface area contributed by atoms with E-state index in [4.69, 9.17) is 0 Å². The van der Waals surface area contributed by atoms with Crippen molar-refractivity contribution < 1.29 is 0 Å². The molecule has 5 aliphatic carbocycles. The van der Waals surface area contributed by atoms with E-state index in [1.807, 2.05) is 222 Å². The summed E-state index contributed by atoms with van der Waals surface area (Å²) >= 11 is 0. The lowest BCUT2D eigenvalue weighted by molar-refractivity contribution is 1.50. The van der Waals surface area contributed by atoms with Gasteiger partial charge in [-0.25, -0.2) is 0 Å². The molecule has 0 nitrogen and oxygen atoms in total. The van der Waals surface area contributed by atoms with Gasteiger partial charge in [0.1, 0.15) is 0 Å². The molecule has 5 rings (SSSR count). The molecule has 0 amide bonds. The Morgan fingerprint density at radius 3 is 0.106 bits per heavy atom. The molecule has 0 aromatic rings. The fraction of sp³-hybridized carbons (Fsp3) is 1.00. The van der Waals surface area contributed by atoms with E-state index in [0.717, 1.165) is 0 Å². The first-order chi connectivity index (χ1) is 23.5. The molecule has 5 aliphatic rings. The lowest BCUT2D eigenvalue weighted by Crippen LogP contribution is -0.856. The van der Waals surface area contributed by atoms with E-state index in [2.05, 4.69) is 0 Å². The molecule has 0 aromatic heterocycles. The highest BCUT2D eigenvalue weighted by atomic mass is 14.0. The van der Waals surface area contributed by atoms with Crippen LogP contribution in [-0.2, 0) is 0 Å². The van der Waals surface area contributed by atoms with Crippen molar-refractivity contribution in [3.05, 3.63) is 0 Å². The van der Waals surface area contributed by atoms with Crippen molar-refractivity contribution in [1.82, 2.24) is 0 Å². The van der Waals surface area contributed by atoms with Crippen molar-refractivity contribution in [2.75, 3.05) is 0 Å². The first kappa shape index (κ1) is 103. The standard InChI is InChI=1S/5C3H6.16C2H6/c5*1-2-3-1;16*1-2/h5*1-3H2;16*1-2H3. The van der Waals surface area contributed by atoms with Gasteiger partial charge in [-0.05, 0) is 0 Å². The van der Waals surface area contributed by atoms with Gasteiger partial charge in [0.15, 0.2) is 0 Å². The average molecular weight is 692 g/mol. The fourth-order valence-corrected chi connectivity index (χ4v) is 0. The molecule has 0 heteroatoms. The van der Waals surface area contributed by atoms with Gasteiger partial charge in [0.25, 0.3) is 0 Å². The van der Waals surface area contributed by atoms with E-state index in [1.165, 1.54) is 96.3 Å². The maximum Gasteiger partial charge on any atom is -0.0533 e. The molecule has 0 atom stereocenters. The SMILES string of the molecule is C1CC1.C1CC1.C1CC1.C1CC1.C1CC1.CC.CC.CC.CC.CC.CC.CC.CC.CC.CC.CC.CC.CC.CC.CC.CC. The van der Waals surface area contributed by atoms with Gasteiger partial charge in [-0.1, -0.05) is 318 Å². The van der Waals surface area contributed by atoms with Crippen molar-refractivity contribution >= 4 is 0 Å². The van der Waals surface area contributed by atoms with E-state index in [0.29, 0.717) is 0 Å². The molecule has 0 N–H and O–H groups in total. The Kier molecular flexibility index (Phi) is 912. The third kappa shape index (κ3) is 3560. The van der Waals surface area contributed by atoms with Gasteiger partial charge >= 0.3 is 0 Å². The van der Waals surface area contributed by atoms with E-state index >= 15 is 0 Å². The Balaban J connectivity index is -0.0000000154. The van der Waals surface area contributed by atoms with Crippen molar-refractivity contribution in [3.63, 3.8) is 0 Å². The van der Waals surface area contributed by atoms with Gasteiger partial charge in [0.05, 0.1) is 0 Å². The summed E-state index contributed by atoms with van der Waals surface area (Å²) in [7, 11) is 0. The van der Waals surface area contributed by atoms with Crippen LogP contribution in [0.2, 0.25) is 0 Å². The van der Waals surface area contributed by atoms with Crippen LogP contribution in [0.1, 0.15) is 318 Å². The molecule has 0 saturated heterocycles. The predicted octanol–water partition coefficient (Wildman–Crippen LogP) is 22.3. The molecule has 0 spiro atoms. The maximum atomic E-state index is 2.00. The highest BCUT2D eigenvalue weighted by Crippen LogP contribution is 2.16. The quantitative estimate of drug-likeness (QED) is 0.237. The normalized spacial score (nSPS) is 9.70. The number of rotatable bonds is 0. The summed E-state index contributed by atoms with van der Waals surface area (Å²) in [4.78, 5) is 0. The van der Waals surface area contributed by atoms with Gasteiger partial charge in [-0.3, -0.25) is 0 Å². The minimum atomic E-state index is 1.50. The summed E-state index contributed by atoms with van der Waals surface area (Å²) in [5.41, 5.74) is 0. The van der Waals surface area contributed by atoms with Crippen molar-refractivity contribution in [2.24, 2.45) is 0 Å². The maximum absolute atomic E-state index is 2.00. The number of hydrogen-bond acceptors (Lipinski definition) is 0. The molecule has 0 aliphatic heterocycles. The monoisotopic (exact) mass is 691 g/mol. The predicted molar refractivity (Wildman–Crippen MR) is 251 cm³/mol. The molecule has 0 heterocycles. The van der Waals surface area contributed by atoms with Gasteiger partial charge in [-0.2, -0.15) is 0 Å². The summed E-state index contributed by atoms with van der Waals surface area (Å²) in [6.45, 7) is 64.0. The summed E-state index contributed by atoms with van der Waals surface area (Å²) in [6.07, 6.45) is 22.5. The van der Waals surface area contributed by atoms with Gasteiger partial charge in [-0.15, -0.1) is 0 Å². The van der Waals surface area contributed by atoms with Crippen LogP contribution in [0.3, 0.4) is 0 Å². The average Bonchev–Trinajstić information content (AvgIpc) is 4.06. The second-order valence-corrected chi connectivity index (χ2v) is 5.30. The van der Waals surface area contributed by atoms with Crippen LogP contribution in [0.5, 0.6) is 0 Å². The van der Waals surface area contributed by atoms with Crippen LogP contribution in [0.4, 0.5) is 0 Å². The van der Waals surface area contributed by atoms with Crippen molar-refractivity contribution in [3.8, 4) is 0 Å². The van der Waals surface area contributed by atoms with Gasteiger partial charge < -0.3 is 0 Å². The zero-order valence-electron chi connectivity index (χ0n) is 42.6. The Hall–Kier alpha value is 0. The largest absolute Gasteiger partial charge is 0.0683 e. The van der Waals surface area contributed by atoms with Gasteiger partial charge in [0.2, 0.25) is 0 Å². The zero-order chi connectivity index (χ0) is 42.6.